The highest BCUT2D eigenvalue weighted by molar-refractivity contribution is 7.13. The Bertz CT molecular complexity index is 968. The maximum atomic E-state index is 13.8. The van der Waals surface area contributed by atoms with Crippen molar-refractivity contribution in [2.45, 2.75) is 26.5 Å². The van der Waals surface area contributed by atoms with E-state index in [0.29, 0.717) is 22.0 Å². The molecule has 2 aromatic carbocycles. The summed E-state index contributed by atoms with van der Waals surface area (Å²) in [7, 11) is 1.73. The van der Waals surface area contributed by atoms with Crippen LogP contribution in [-0.4, -0.2) is 28.9 Å². The molecular formula is C21H20F2N2O2S. The highest BCUT2D eigenvalue weighted by Crippen LogP contribution is 2.33. The number of halogens is 2. The van der Waals surface area contributed by atoms with Gasteiger partial charge in [0.1, 0.15) is 34.7 Å². The molecule has 0 saturated carbocycles. The molecule has 1 heterocycles. The maximum absolute atomic E-state index is 13.8. The summed E-state index contributed by atoms with van der Waals surface area (Å²) in [5.41, 5.74) is 0.882. The van der Waals surface area contributed by atoms with E-state index in [9.17, 15) is 13.6 Å². The van der Waals surface area contributed by atoms with Crippen molar-refractivity contribution >= 4 is 17.2 Å². The minimum absolute atomic E-state index is 0.0592. The van der Waals surface area contributed by atoms with E-state index in [1.807, 2.05) is 19.9 Å². The van der Waals surface area contributed by atoms with E-state index in [1.54, 1.807) is 35.5 Å². The fraction of sp³-hybridized carbons (Fsp3) is 0.238. The summed E-state index contributed by atoms with van der Waals surface area (Å²) in [6.45, 7) is 3.61. The van der Waals surface area contributed by atoms with E-state index in [4.69, 9.17) is 4.74 Å². The van der Waals surface area contributed by atoms with E-state index < -0.39 is 11.6 Å². The molecule has 7 heteroatoms. The van der Waals surface area contributed by atoms with Gasteiger partial charge in [-0.1, -0.05) is 18.2 Å². The minimum Gasteiger partial charge on any atom is -0.488 e. The van der Waals surface area contributed by atoms with Gasteiger partial charge in [0.15, 0.2) is 0 Å². The van der Waals surface area contributed by atoms with Crippen LogP contribution >= 0.6 is 11.3 Å². The fourth-order valence-corrected chi connectivity index (χ4v) is 3.32. The number of carbonyl (C=O) groups excluding carboxylic acids is 1. The lowest BCUT2D eigenvalue weighted by molar-refractivity contribution is 0.0750. The summed E-state index contributed by atoms with van der Waals surface area (Å²) in [4.78, 5) is 18.5. The average molecular weight is 402 g/mol. The number of carbonyl (C=O) groups is 1. The van der Waals surface area contributed by atoms with Gasteiger partial charge in [0.05, 0.1) is 11.1 Å². The van der Waals surface area contributed by atoms with Crippen molar-refractivity contribution in [1.29, 1.82) is 0 Å². The van der Waals surface area contributed by atoms with Crippen LogP contribution in [0.25, 0.3) is 10.6 Å². The second-order valence-electron chi connectivity index (χ2n) is 6.53. The highest BCUT2D eigenvalue weighted by atomic mass is 32.1. The van der Waals surface area contributed by atoms with E-state index in [0.717, 1.165) is 0 Å². The predicted molar refractivity (Wildman–Crippen MR) is 105 cm³/mol. The molecule has 0 radical (unpaired) electrons. The third-order valence-corrected chi connectivity index (χ3v) is 5.24. The molecule has 0 N–H and O–H groups in total. The molecule has 1 aromatic heterocycles. The largest absolute Gasteiger partial charge is 0.488 e. The van der Waals surface area contributed by atoms with Crippen LogP contribution in [0.4, 0.5) is 8.78 Å². The predicted octanol–water partition coefficient (Wildman–Crippen LogP) is 5.15. The summed E-state index contributed by atoms with van der Waals surface area (Å²) >= 11 is 1.32. The number of hydrogen-bond acceptors (Lipinski definition) is 4. The zero-order valence-corrected chi connectivity index (χ0v) is 16.6. The lowest BCUT2D eigenvalue weighted by Gasteiger charge is -2.20. The Morgan fingerprint density at radius 2 is 1.82 bits per heavy atom. The first-order valence-electron chi connectivity index (χ1n) is 8.76. The van der Waals surface area contributed by atoms with Gasteiger partial charge >= 0.3 is 0 Å². The zero-order chi connectivity index (χ0) is 20.3. The number of hydrogen-bond donors (Lipinski definition) is 0. The Labute approximate surface area is 166 Å². The number of ether oxygens (including phenoxy) is 1. The molecule has 0 aliphatic carbocycles. The molecule has 146 valence electrons. The number of para-hydroxylation sites is 1. The van der Waals surface area contributed by atoms with Crippen LogP contribution in [-0.2, 0) is 6.61 Å². The Balaban J connectivity index is 1.84. The first-order chi connectivity index (χ1) is 13.4. The van der Waals surface area contributed by atoms with E-state index in [2.05, 4.69) is 4.98 Å². The molecule has 0 bridgehead atoms. The molecule has 3 aromatic rings. The van der Waals surface area contributed by atoms with Crippen molar-refractivity contribution in [1.82, 2.24) is 9.88 Å². The second-order valence-corrected chi connectivity index (χ2v) is 7.39. The van der Waals surface area contributed by atoms with Crippen molar-refractivity contribution < 1.29 is 18.3 Å². The van der Waals surface area contributed by atoms with Crippen LogP contribution in [0.5, 0.6) is 5.75 Å². The Kier molecular flexibility index (Phi) is 6.04. The molecule has 0 atom stereocenters. The summed E-state index contributed by atoms with van der Waals surface area (Å²) in [5.74, 6) is -1.03. The number of amides is 1. The van der Waals surface area contributed by atoms with Crippen molar-refractivity contribution in [2.75, 3.05) is 7.05 Å². The van der Waals surface area contributed by atoms with Gasteiger partial charge < -0.3 is 9.64 Å². The molecule has 0 spiro atoms. The Morgan fingerprint density at radius 1 is 1.14 bits per heavy atom. The molecular weight excluding hydrogens is 382 g/mol. The molecule has 0 aliphatic rings. The molecule has 28 heavy (non-hydrogen) atoms. The van der Waals surface area contributed by atoms with Gasteiger partial charge in [0.2, 0.25) is 0 Å². The number of rotatable bonds is 6. The monoisotopic (exact) mass is 402 g/mol. The van der Waals surface area contributed by atoms with Gasteiger partial charge in [-0.15, -0.1) is 11.3 Å². The average Bonchev–Trinajstić information content (AvgIpc) is 3.16. The van der Waals surface area contributed by atoms with Gasteiger partial charge in [-0.05, 0) is 38.1 Å². The number of nitrogens with zero attached hydrogens (tertiary/aromatic N) is 2. The Morgan fingerprint density at radius 3 is 2.50 bits per heavy atom. The standard InChI is InChI=1S/C21H20F2N2O2S/c1-13(2)25(3)21(26)18-12-28-20(24-18)14-7-4-5-10-19(14)27-11-15-16(22)8-6-9-17(15)23/h4-10,12-13H,11H2,1-3H3. The third kappa shape index (κ3) is 4.20. The van der Waals surface area contributed by atoms with Gasteiger partial charge in [0, 0.05) is 18.5 Å². The molecule has 1 amide bonds. The molecule has 0 saturated heterocycles. The highest BCUT2D eigenvalue weighted by Gasteiger charge is 2.19. The smallest absolute Gasteiger partial charge is 0.273 e. The van der Waals surface area contributed by atoms with Gasteiger partial charge in [-0.2, -0.15) is 0 Å². The van der Waals surface area contributed by atoms with Crippen molar-refractivity contribution in [2.24, 2.45) is 0 Å². The third-order valence-electron chi connectivity index (χ3n) is 4.37. The van der Waals surface area contributed by atoms with Crippen LogP contribution in [0.3, 0.4) is 0 Å². The first-order valence-corrected chi connectivity index (χ1v) is 9.64. The van der Waals surface area contributed by atoms with Gasteiger partial charge in [0.25, 0.3) is 5.91 Å². The fourth-order valence-electron chi connectivity index (χ4n) is 2.50. The van der Waals surface area contributed by atoms with Crippen molar-refractivity contribution in [3.63, 3.8) is 0 Å². The summed E-state index contributed by atoms with van der Waals surface area (Å²) in [5, 5.41) is 2.30. The van der Waals surface area contributed by atoms with Crippen LogP contribution in [0, 0.1) is 11.6 Å². The van der Waals surface area contributed by atoms with Crippen LogP contribution in [0.1, 0.15) is 29.9 Å². The lowest BCUT2D eigenvalue weighted by Crippen LogP contribution is -2.33. The van der Waals surface area contributed by atoms with Crippen molar-refractivity contribution in [3.05, 3.63) is 70.7 Å². The lowest BCUT2D eigenvalue weighted by atomic mass is 10.2. The van der Waals surface area contributed by atoms with E-state index in [-0.39, 0.29) is 24.1 Å². The second kappa shape index (κ2) is 8.48. The zero-order valence-electron chi connectivity index (χ0n) is 15.8. The summed E-state index contributed by atoms with van der Waals surface area (Å²) < 4.78 is 33.4. The molecule has 4 nitrogen and oxygen atoms in total. The Hall–Kier alpha value is -2.80. The van der Waals surface area contributed by atoms with Gasteiger partial charge in [-0.3, -0.25) is 4.79 Å². The molecule has 0 unspecified atom stereocenters. The van der Waals surface area contributed by atoms with Crippen molar-refractivity contribution in [3.8, 4) is 16.3 Å². The quantitative estimate of drug-likeness (QED) is 0.573. The summed E-state index contributed by atoms with van der Waals surface area (Å²) in [6.07, 6.45) is 0. The van der Waals surface area contributed by atoms with Gasteiger partial charge in [-0.25, -0.2) is 13.8 Å². The number of aromatic nitrogens is 1. The molecule has 0 fully saturated rings. The number of benzene rings is 2. The normalized spacial score (nSPS) is 10.9. The first kappa shape index (κ1) is 19.9. The van der Waals surface area contributed by atoms with E-state index in [1.165, 1.54) is 29.5 Å². The van der Waals surface area contributed by atoms with Crippen LogP contribution in [0.2, 0.25) is 0 Å². The summed E-state index contributed by atoms with van der Waals surface area (Å²) in [6, 6.07) is 10.8. The van der Waals surface area contributed by atoms with E-state index >= 15 is 0 Å². The molecule has 3 rings (SSSR count). The minimum atomic E-state index is -0.656. The molecule has 0 aliphatic heterocycles. The topological polar surface area (TPSA) is 42.4 Å². The maximum Gasteiger partial charge on any atom is 0.273 e. The van der Waals surface area contributed by atoms with Crippen LogP contribution < -0.4 is 4.74 Å². The number of thiazole rings is 1. The SMILES string of the molecule is CC(C)N(C)C(=O)c1csc(-c2ccccc2OCc2c(F)cccc2F)n1. The van der Waals surface area contributed by atoms with Crippen LogP contribution in [0.15, 0.2) is 47.8 Å².